The average Bonchev–Trinajstić information content (AvgIpc) is 2.83. The van der Waals surface area contributed by atoms with E-state index in [0.29, 0.717) is 12.0 Å². The molecule has 4 heteroatoms. The second kappa shape index (κ2) is 5.21. The van der Waals surface area contributed by atoms with Gasteiger partial charge in [0.15, 0.2) is 11.5 Å². The van der Waals surface area contributed by atoms with Crippen LogP contribution >= 0.6 is 0 Å². The Labute approximate surface area is 113 Å². The van der Waals surface area contributed by atoms with Crippen LogP contribution in [0.1, 0.15) is 38.5 Å². The molecule has 102 valence electrons. The standard InChI is InChI=1S/C15H21N3O/c1-10(2)15-18-13-9-12(3-4-14(13)19-15)17-11-5-7-16-8-6-11/h3-4,9-11,16-17H,5-8H2,1-2H3. The lowest BCUT2D eigenvalue weighted by Crippen LogP contribution is -2.35. The number of nitrogens with zero attached hydrogens (tertiary/aromatic N) is 1. The molecule has 1 saturated heterocycles. The maximum Gasteiger partial charge on any atom is 0.198 e. The molecule has 3 rings (SSSR count). The summed E-state index contributed by atoms with van der Waals surface area (Å²) in [7, 11) is 0. The number of hydrogen-bond acceptors (Lipinski definition) is 4. The minimum absolute atomic E-state index is 0.327. The number of benzene rings is 1. The summed E-state index contributed by atoms with van der Waals surface area (Å²) >= 11 is 0. The van der Waals surface area contributed by atoms with Gasteiger partial charge in [-0.2, -0.15) is 0 Å². The largest absolute Gasteiger partial charge is 0.440 e. The molecule has 0 spiro atoms. The molecule has 1 aromatic carbocycles. The molecule has 1 fully saturated rings. The van der Waals surface area contributed by atoms with Crippen LogP contribution < -0.4 is 10.6 Å². The third-order valence-corrected chi connectivity index (χ3v) is 3.61. The van der Waals surface area contributed by atoms with Crippen molar-refractivity contribution < 1.29 is 4.42 Å². The molecule has 0 amide bonds. The molecule has 0 atom stereocenters. The number of rotatable bonds is 3. The first-order chi connectivity index (χ1) is 9.22. The first-order valence-corrected chi connectivity index (χ1v) is 7.10. The first kappa shape index (κ1) is 12.5. The Bertz CT molecular complexity index is 556. The Balaban J connectivity index is 1.80. The maximum absolute atomic E-state index is 5.73. The fourth-order valence-corrected chi connectivity index (χ4v) is 2.48. The van der Waals surface area contributed by atoms with E-state index in [-0.39, 0.29) is 0 Å². The molecule has 0 aliphatic carbocycles. The Hall–Kier alpha value is -1.55. The van der Waals surface area contributed by atoms with Crippen molar-refractivity contribution >= 4 is 16.8 Å². The third-order valence-electron chi connectivity index (χ3n) is 3.61. The van der Waals surface area contributed by atoms with Crippen LogP contribution in [0.2, 0.25) is 0 Å². The van der Waals surface area contributed by atoms with Crippen LogP contribution in [0, 0.1) is 0 Å². The lowest BCUT2D eigenvalue weighted by atomic mass is 10.1. The lowest BCUT2D eigenvalue weighted by molar-refractivity contribution is 0.479. The summed E-state index contributed by atoms with van der Waals surface area (Å²) in [5.74, 6) is 1.14. The van der Waals surface area contributed by atoms with Gasteiger partial charge >= 0.3 is 0 Å². The highest BCUT2D eigenvalue weighted by Gasteiger charge is 2.14. The first-order valence-electron chi connectivity index (χ1n) is 7.10. The molecule has 0 saturated carbocycles. The van der Waals surface area contributed by atoms with Crippen molar-refractivity contribution in [3.8, 4) is 0 Å². The van der Waals surface area contributed by atoms with Gasteiger partial charge in [-0.1, -0.05) is 13.8 Å². The predicted octanol–water partition coefficient (Wildman–Crippen LogP) is 3.12. The average molecular weight is 259 g/mol. The van der Waals surface area contributed by atoms with Crippen molar-refractivity contribution in [2.45, 2.75) is 38.6 Å². The van der Waals surface area contributed by atoms with Crippen molar-refractivity contribution in [1.29, 1.82) is 0 Å². The second-order valence-electron chi connectivity index (χ2n) is 5.56. The molecule has 19 heavy (non-hydrogen) atoms. The number of hydrogen-bond donors (Lipinski definition) is 2. The van der Waals surface area contributed by atoms with Crippen molar-refractivity contribution in [3.05, 3.63) is 24.1 Å². The molecule has 1 aromatic heterocycles. The summed E-state index contributed by atoms with van der Waals surface area (Å²) in [6.07, 6.45) is 2.35. The van der Waals surface area contributed by atoms with Gasteiger partial charge in [0, 0.05) is 17.6 Å². The van der Waals surface area contributed by atoms with Crippen LogP contribution in [0.3, 0.4) is 0 Å². The number of anilines is 1. The van der Waals surface area contributed by atoms with E-state index in [2.05, 4.69) is 41.6 Å². The number of nitrogens with one attached hydrogen (secondary N) is 2. The molecule has 2 aromatic rings. The van der Waals surface area contributed by atoms with Crippen LogP contribution in [0.5, 0.6) is 0 Å². The van der Waals surface area contributed by atoms with Crippen LogP contribution in [-0.4, -0.2) is 24.1 Å². The highest BCUT2D eigenvalue weighted by Crippen LogP contribution is 2.24. The van der Waals surface area contributed by atoms with Crippen LogP contribution in [0.25, 0.3) is 11.1 Å². The zero-order chi connectivity index (χ0) is 13.2. The SMILES string of the molecule is CC(C)c1nc2cc(NC3CCNCC3)ccc2o1. The molecular formula is C15H21N3O. The van der Waals surface area contributed by atoms with E-state index in [1.165, 1.54) is 12.8 Å². The number of fused-ring (bicyclic) bond motifs is 1. The van der Waals surface area contributed by atoms with Crippen LogP contribution in [-0.2, 0) is 0 Å². The normalized spacial score (nSPS) is 17.2. The van der Waals surface area contributed by atoms with E-state index < -0.39 is 0 Å². The summed E-state index contributed by atoms with van der Waals surface area (Å²) in [5, 5.41) is 6.97. The minimum atomic E-state index is 0.327. The number of piperidine rings is 1. The van der Waals surface area contributed by atoms with E-state index >= 15 is 0 Å². The summed E-state index contributed by atoms with van der Waals surface area (Å²) in [5.41, 5.74) is 2.96. The van der Waals surface area contributed by atoms with Crippen LogP contribution in [0.15, 0.2) is 22.6 Å². The molecule has 0 unspecified atom stereocenters. The number of oxazole rings is 1. The maximum atomic E-state index is 5.73. The molecule has 1 aliphatic heterocycles. The van der Waals surface area contributed by atoms with E-state index in [4.69, 9.17) is 4.42 Å². The second-order valence-corrected chi connectivity index (χ2v) is 5.56. The zero-order valence-corrected chi connectivity index (χ0v) is 11.6. The predicted molar refractivity (Wildman–Crippen MR) is 77.6 cm³/mol. The van der Waals surface area contributed by atoms with Gasteiger partial charge in [-0.15, -0.1) is 0 Å². The Kier molecular flexibility index (Phi) is 3.42. The van der Waals surface area contributed by atoms with E-state index in [1.807, 2.05) is 6.07 Å². The van der Waals surface area contributed by atoms with E-state index in [0.717, 1.165) is 35.8 Å². The molecule has 0 bridgehead atoms. The van der Waals surface area contributed by atoms with Crippen molar-refractivity contribution in [3.63, 3.8) is 0 Å². The molecule has 2 N–H and O–H groups in total. The lowest BCUT2D eigenvalue weighted by Gasteiger charge is -2.24. The van der Waals surface area contributed by atoms with E-state index in [9.17, 15) is 0 Å². The summed E-state index contributed by atoms with van der Waals surface area (Å²) in [4.78, 5) is 4.55. The monoisotopic (exact) mass is 259 g/mol. The van der Waals surface area contributed by atoms with Gasteiger partial charge in [-0.3, -0.25) is 0 Å². The van der Waals surface area contributed by atoms with Crippen molar-refractivity contribution in [1.82, 2.24) is 10.3 Å². The minimum Gasteiger partial charge on any atom is -0.440 e. The molecule has 0 radical (unpaired) electrons. The summed E-state index contributed by atoms with van der Waals surface area (Å²) in [6.45, 7) is 6.39. The van der Waals surface area contributed by atoms with Crippen molar-refractivity contribution in [2.24, 2.45) is 0 Å². The van der Waals surface area contributed by atoms with Crippen LogP contribution in [0.4, 0.5) is 5.69 Å². The summed E-state index contributed by atoms with van der Waals surface area (Å²) < 4.78 is 5.73. The highest BCUT2D eigenvalue weighted by molar-refractivity contribution is 5.77. The summed E-state index contributed by atoms with van der Waals surface area (Å²) in [6, 6.07) is 6.75. The zero-order valence-electron chi connectivity index (χ0n) is 11.6. The highest BCUT2D eigenvalue weighted by atomic mass is 16.3. The fraction of sp³-hybridized carbons (Fsp3) is 0.533. The van der Waals surface area contributed by atoms with Gasteiger partial charge in [0.25, 0.3) is 0 Å². The quantitative estimate of drug-likeness (QED) is 0.889. The fourth-order valence-electron chi connectivity index (χ4n) is 2.48. The van der Waals surface area contributed by atoms with Gasteiger partial charge in [-0.25, -0.2) is 4.98 Å². The molecular weight excluding hydrogens is 238 g/mol. The van der Waals surface area contributed by atoms with Crippen molar-refractivity contribution in [2.75, 3.05) is 18.4 Å². The Morgan fingerprint density at radius 2 is 2.11 bits per heavy atom. The van der Waals surface area contributed by atoms with Gasteiger partial charge < -0.3 is 15.1 Å². The van der Waals surface area contributed by atoms with Gasteiger partial charge in [0.05, 0.1) is 0 Å². The van der Waals surface area contributed by atoms with E-state index in [1.54, 1.807) is 0 Å². The third kappa shape index (κ3) is 2.73. The topological polar surface area (TPSA) is 50.1 Å². The Morgan fingerprint density at radius 1 is 1.32 bits per heavy atom. The molecule has 2 heterocycles. The smallest absolute Gasteiger partial charge is 0.198 e. The van der Waals surface area contributed by atoms with Gasteiger partial charge in [-0.05, 0) is 44.1 Å². The van der Waals surface area contributed by atoms with Gasteiger partial charge in [0.1, 0.15) is 5.52 Å². The molecule has 4 nitrogen and oxygen atoms in total. The Morgan fingerprint density at radius 3 is 2.84 bits per heavy atom. The molecule has 1 aliphatic rings. The number of aromatic nitrogens is 1. The van der Waals surface area contributed by atoms with Gasteiger partial charge in [0.2, 0.25) is 0 Å².